The van der Waals surface area contributed by atoms with Crippen LogP contribution in [0, 0.1) is 0 Å². The molecule has 5 aromatic carbocycles. The number of rotatable bonds is 1. The highest BCUT2D eigenvalue weighted by atomic mass is 14.6. The van der Waals surface area contributed by atoms with Gasteiger partial charge in [-0.3, -0.25) is 0 Å². The van der Waals surface area contributed by atoms with Crippen molar-refractivity contribution in [1.29, 1.82) is 0 Å². The van der Waals surface area contributed by atoms with E-state index in [1.54, 1.807) is 0 Å². The molecule has 0 saturated carbocycles. The normalized spacial score (nSPS) is 20.1. The molecule has 0 saturated heterocycles. The summed E-state index contributed by atoms with van der Waals surface area (Å²) in [5, 5.41) is 0. The molecular weight excluding hydrogens is 482 g/mol. The van der Waals surface area contributed by atoms with Gasteiger partial charge in [0.05, 0.1) is 10.8 Å². The van der Waals surface area contributed by atoms with E-state index in [0.717, 1.165) is 12.8 Å². The van der Waals surface area contributed by atoms with E-state index in [0.29, 0.717) is 6.54 Å². The minimum Gasteiger partial charge on any atom is -0.326 e. The third-order valence-electron chi connectivity index (χ3n) is 10.1. The zero-order valence-corrected chi connectivity index (χ0v) is 22.3. The molecule has 9 rings (SSSR count). The Labute approximate surface area is 235 Å². The molecule has 4 aliphatic carbocycles. The summed E-state index contributed by atoms with van der Waals surface area (Å²) in [6.45, 7) is 0.501. The van der Waals surface area contributed by atoms with Crippen LogP contribution in [0.5, 0.6) is 0 Å². The van der Waals surface area contributed by atoms with E-state index in [1.807, 2.05) is 0 Å². The molecule has 4 aliphatic rings. The molecule has 0 aromatic heterocycles. The van der Waals surface area contributed by atoms with Gasteiger partial charge in [0.15, 0.2) is 0 Å². The van der Waals surface area contributed by atoms with Crippen molar-refractivity contribution >= 4 is 5.57 Å². The van der Waals surface area contributed by atoms with Gasteiger partial charge in [0.25, 0.3) is 0 Å². The summed E-state index contributed by atoms with van der Waals surface area (Å²) < 4.78 is 0. The van der Waals surface area contributed by atoms with E-state index in [1.165, 1.54) is 72.3 Å². The standard InChI is InChI=1S/C39H29N/c40-24-25-12-11-23-36-37(25)39(32-19-7-3-15-28(32)29-16-4-8-20-33(29)39)35-22-10-9-21-34(35)38(36)30-17-5-1-13-26(30)27-14-2-6-18-31(27)38/h1-5,7-17,19-23H,6,18,24,40H2. The van der Waals surface area contributed by atoms with Crippen molar-refractivity contribution in [2.45, 2.75) is 30.2 Å². The average molecular weight is 512 g/mol. The van der Waals surface area contributed by atoms with E-state index >= 15 is 0 Å². The lowest BCUT2D eigenvalue weighted by Gasteiger charge is -2.50. The highest BCUT2D eigenvalue weighted by Gasteiger charge is 2.59. The molecule has 2 spiro atoms. The van der Waals surface area contributed by atoms with Crippen LogP contribution in [0.4, 0.5) is 0 Å². The Morgan fingerprint density at radius 2 is 1.05 bits per heavy atom. The Kier molecular flexibility index (Phi) is 4.37. The van der Waals surface area contributed by atoms with Crippen LogP contribution in [-0.2, 0) is 17.4 Å². The molecule has 0 radical (unpaired) electrons. The number of benzene rings is 5. The molecule has 0 amide bonds. The van der Waals surface area contributed by atoms with Gasteiger partial charge in [-0.25, -0.2) is 0 Å². The summed E-state index contributed by atoms with van der Waals surface area (Å²) in [6, 6.07) is 43.5. The maximum atomic E-state index is 6.68. The van der Waals surface area contributed by atoms with Crippen molar-refractivity contribution in [1.82, 2.24) is 0 Å². The van der Waals surface area contributed by atoms with Gasteiger partial charge in [0, 0.05) is 6.54 Å². The zero-order valence-electron chi connectivity index (χ0n) is 22.3. The van der Waals surface area contributed by atoms with Crippen molar-refractivity contribution in [3.05, 3.63) is 183 Å². The number of allylic oxidation sites excluding steroid dienone is 4. The SMILES string of the molecule is NCc1cccc2c1C1(c3ccccc3-c3ccccc31)c1ccccc1C21C2=C(C=CCC2)c2ccccc21. The fourth-order valence-corrected chi connectivity index (χ4v) is 8.87. The summed E-state index contributed by atoms with van der Waals surface area (Å²) in [4.78, 5) is 0. The van der Waals surface area contributed by atoms with Crippen LogP contribution in [0.25, 0.3) is 16.7 Å². The van der Waals surface area contributed by atoms with Gasteiger partial charge in [-0.1, -0.05) is 127 Å². The topological polar surface area (TPSA) is 26.0 Å². The van der Waals surface area contributed by atoms with E-state index < -0.39 is 5.41 Å². The first-order chi connectivity index (χ1) is 19.8. The van der Waals surface area contributed by atoms with Crippen LogP contribution >= 0.6 is 0 Å². The quantitative estimate of drug-likeness (QED) is 0.236. The first-order valence-electron chi connectivity index (χ1n) is 14.4. The summed E-state index contributed by atoms with van der Waals surface area (Å²) in [6.07, 6.45) is 6.86. The monoisotopic (exact) mass is 511 g/mol. The molecule has 1 nitrogen and oxygen atoms in total. The maximum Gasteiger partial charge on any atom is 0.0723 e. The zero-order chi connectivity index (χ0) is 26.5. The number of hydrogen-bond donors (Lipinski definition) is 1. The Balaban J connectivity index is 1.55. The summed E-state index contributed by atoms with van der Waals surface area (Å²) in [7, 11) is 0. The van der Waals surface area contributed by atoms with Gasteiger partial charge in [-0.2, -0.15) is 0 Å². The van der Waals surface area contributed by atoms with E-state index in [-0.39, 0.29) is 5.41 Å². The van der Waals surface area contributed by atoms with Crippen molar-refractivity contribution in [2.75, 3.05) is 0 Å². The van der Waals surface area contributed by atoms with Crippen LogP contribution < -0.4 is 5.73 Å². The van der Waals surface area contributed by atoms with Crippen LogP contribution in [0.3, 0.4) is 0 Å². The van der Waals surface area contributed by atoms with Crippen molar-refractivity contribution in [2.24, 2.45) is 5.73 Å². The minimum atomic E-state index is -0.427. The molecule has 2 N–H and O–H groups in total. The first kappa shape index (κ1) is 22.4. The van der Waals surface area contributed by atoms with E-state index in [2.05, 4.69) is 127 Å². The summed E-state index contributed by atoms with van der Waals surface area (Å²) >= 11 is 0. The number of nitrogens with two attached hydrogens (primary N) is 1. The second-order valence-electron chi connectivity index (χ2n) is 11.6. The Morgan fingerprint density at radius 1 is 0.525 bits per heavy atom. The molecule has 0 aliphatic heterocycles. The van der Waals surface area contributed by atoms with Crippen LogP contribution in [0.1, 0.15) is 62.9 Å². The van der Waals surface area contributed by atoms with Gasteiger partial charge in [0.1, 0.15) is 0 Å². The highest BCUT2D eigenvalue weighted by Crippen LogP contribution is 2.68. The second-order valence-corrected chi connectivity index (χ2v) is 11.6. The van der Waals surface area contributed by atoms with Crippen molar-refractivity contribution in [3.8, 4) is 11.1 Å². The first-order valence-corrected chi connectivity index (χ1v) is 14.4. The second kappa shape index (κ2) is 7.81. The van der Waals surface area contributed by atoms with E-state index in [4.69, 9.17) is 5.73 Å². The number of hydrogen-bond acceptors (Lipinski definition) is 1. The Morgan fingerprint density at radius 3 is 1.70 bits per heavy atom. The predicted molar refractivity (Wildman–Crippen MR) is 163 cm³/mol. The molecule has 0 bridgehead atoms. The highest BCUT2D eigenvalue weighted by molar-refractivity contribution is 5.95. The molecular formula is C39H29N. The van der Waals surface area contributed by atoms with Crippen LogP contribution in [-0.4, -0.2) is 0 Å². The third kappa shape index (κ3) is 2.37. The third-order valence-corrected chi connectivity index (χ3v) is 10.1. The van der Waals surface area contributed by atoms with E-state index in [9.17, 15) is 0 Å². The van der Waals surface area contributed by atoms with Crippen LogP contribution in [0.2, 0.25) is 0 Å². The van der Waals surface area contributed by atoms with Gasteiger partial charge in [-0.15, -0.1) is 0 Å². The van der Waals surface area contributed by atoms with Gasteiger partial charge >= 0.3 is 0 Å². The molecule has 40 heavy (non-hydrogen) atoms. The Bertz CT molecular complexity index is 1910. The molecule has 1 atom stereocenters. The minimum absolute atomic E-state index is 0.342. The van der Waals surface area contributed by atoms with Crippen molar-refractivity contribution in [3.63, 3.8) is 0 Å². The maximum absolute atomic E-state index is 6.68. The summed E-state index contributed by atoms with van der Waals surface area (Å²) in [5.74, 6) is 0. The fraction of sp³-hybridized carbons (Fsp3) is 0.128. The predicted octanol–water partition coefficient (Wildman–Crippen LogP) is 8.27. The molecule has 1 heteroatoms. The summed E-state index contributed by atoms with van der Waals surface area (Å²) in [5.41, 5.74) is 23.8. The largest absolute Gasteiger partial charge is 0.326 e. The average Bonchev–Trinajstić information content (AvgIpc) is 3.49. The van der Waals surface area contributed by atoms with Gasteiger partial charge in [0.2, 0.25) is 0 Å². The van der Waals surface area contributed by atoms with Crippen LogP contribution in [0.15, 0.2) is 133 Å². The van der Waals surface area contributed by atoms with Crippen molar-refractivity contribution < 1.29 is 0 Å². The lowest BCUT2D eigenvalue weighted by molar-refractivity contribution is 0.600. The molecule has 0 heterocycles. The Hall–Kier alpha value is -4.46. The molecule has 0 fully saturated rings. The lowest BCUT2D eigenvalue weighted by Crippen LogP contribution is -2.45. The molecule has 190 valence electrons. The van der Waals surface area contributed by atoms with Gasteiger partial charge < -0.3 is 5.73 Å². The smallest absolute Gasteiger partial charge is 0.0723 e. The molecule has 5 aromatic rings. The fourth-order valence-electron chi connectivity index (χ4n) is 8.87. The number of fused-ring (bicyclic) bond motifs is 15. The lowest BCUT2D eigenvalue weighted by atomic mass is 9.51. The molecule has 1 unspecified atom stereocenters. The van der Waals surface area contributed by atoms with Gasteiger partial charge in [-0.05, 0) is 85.2 Å².